The Kier molecular flexibility index (Phi) is 5.65. The molecule has 1 aliphatic carbocycles. The van der Waals surface area contributed by atoms with E-state index < -0.39 is 0 Å². The number of carbonyl (C=O) groups is 1. The zero-order chi connectivity index (χ0) is 20.2. The summed E-state index contributed by atoms with van der Waals surface area (Å²) in [6.45, 7) is 4.10. The van der Waals surface area contributed by atoms with Gasteiger partial charge in [0.2, 0.25) is 5.91 Å². The maximum atomic E-state index is 11.2. The first kappa shape index (κ1) is 19.2. The maximum absolute atomic E-state index is 11.2. The van der Waals surface area contributed by atoms with Crippen LogP contribution in [0.4, 0.5) is 0 Å². The van der Waals surface area contributed by atoms with Gasteiger partial charge >= 0.3 is 0 Å². The van der Waals surface area contributed by atoms with E-state index in [0.717, 1.165) is 35.4 Å². The Morgan fingerprint density at radius 3 is 2.66 bits per heavy atom. The van der Waals surface area contributed by atoms with Gasteiger partial charge in [-0.1, -0.05) is 53.7 Å². The Balaban J connectivity index is 1.31. The number of amides is 1. The molecule has 1 heterocycles. The van der Waals surface area contributed by atoms with Crippen LogP contribution in [0.3, 0.4) is 0 Å². The van der Waals surface area contributed by atoms with Gasteiger partial charge in [-0.15, -0.1) is 0 Å². The summed E-state index contributed by atoms with van der Waals surface area (Å²) in [4.78, 5) is 11.2. The molecular formula is C24H26N2O3. The van der Waals surface area contributed by atoms with E-state index in [4.69, 9.17) is 9.26 Å². The fourth-order valence-electron chi connectivity index (χ4n) is 3.85. The minimum atomic E-state index is -0.164. The lowest BCUT2D eigenvalue weighted by Crippen LogP contribution is -2.27. The van der Waals surface area contributed by atoms with Gasteiger partial charge in [-0.3, -0.25) is 4.79 Å². The van der Waals surface area contributed by atoms with Crippen molar-refractivity contribution in [2.45, 2.75) is 38.6 Å². The minimum Gasteiger partial charge on any atom is -0.493 e. The average molecular weight is 390 g/mol. The van der Waals surface area contributed by atoms with E-state index in [0.29, 0.717) is 24.2 Å². The van der Waals surface area contributed by atoms with Crippen molar-refractivity contribution in [3.05, 3.63) is 72.1 Å². The molecule has 0 bridgehead atoms. The molecule has 1 N–H and O–H groups in total. The van der Waals surface area contributed by atoms with Crippen molar-refractivity contribution >= 4 is 5.91 Å². The number of benzene rings is 2. The minimum absolute atomic E-state index is 0.0768. The molecule has 1 fully saturated rings. The lowest BCUT2D eigenvalue weighted by atomic mass is 9.73. The number of para-hydroxylation sites is 1. The van der Waals surface area contributed by atoms with Crippen molar-refractivity contribution in [3.63, 3.8) is 0 Å². The number of hydrogen-bond acceptors (Lipinski definition) is 4. The van der Waals surface area contributed by atoms with Gasteiger partial charge in [-0.2, -0.15) is 0 Å². The molecule has 0 radical (unpaired) electrons. The van der Waals surface area contributed by atoms with Crippen LogP contribution < -0.4 is 10.1 Å². The molecule has 5 nitrogen and oxygen atoms in total. The predicted molar refractivity (Wildman–Crippen MR) is 112 cm³/mol. The van der Waals surface area contributed by atoms with Crippen molar-refractivity contribution in [1.82, 2.24) is 10.5 Å². The molecule has 1 amide bonds. The number of nitrogens with zero attached hydrogens (tertiary/aromatic N) is 1. The monoisotopic (exact) mass is 390 g/mol. The maximum Gasteiger partial charge on any atom is 0.217 e. The lowest BCUT2D eigenvalue weighted by Gasteiger charge is -2.33. The molecular weight excluding hydrogens is 364 g/mol. The van der Waals surface area contributed by atoms with Crippen LogP contribution in [0.25, 0.3) is 11.1 Å². The van der Waals surface area contributed by atoms with Crippen LogP contribution in [-0.4, -0.2) is 17.7 Å². The third-order valence-corrected chi connectivity index (χ3v) is 5.49. The van der Waals surface area contributed by atoms with Gasteiger partial charge in [0.15, 0.2) is 5.76 Å². The lowest BCUT2D eigenvalue weighted by molar-refractivity contribution is -0.119. The number of rotatable bonds is 7. The highest BCUT2D eigenvalue weighted by Crippen LogP contribution is 2.42. The number of aromatic nitrogens is 1. The van der Waals surface area contributed by atoms with Crippen molar-refractivity contribution < 1.29 is 14.1 Å². The van der Waals surface area contributed by atoms with E-state index in [2.05, 4.69) is 28.7 Å². The van der Waals surface area contributed by atoms with E-state index in [1.54, 1.807) is 0 Å². The topological polar surface area (TPSA) is 64.4 Å². The van der Waals surface area contributed by atoms with Crippen molar-refractivity contribution in [3.8, 4) is 16.9 Å². The molecule has 5 heteroatoms. The second-order valence-corrected chi connectivity index (χ2v) is 7.78. The Bertz CT molecular complexity index is 961. The Hall–Kier alpha value is -3.08. The predicted octanol–water partition coefficient (Wildman–Crippen LogP) is 5.11. The molecule has 1 aliphatic rings. The van der Waals surface area contributed by atoms with E-state index in [-0.39, 0.29) is 11.9 Å². The highest BCUT2D eigenvalue weighted by atomic mass is 16.5. The summed E-state index contributed by atoms with van der Waals surface area (Å²) in [7, 11) is 0. The number of hydrogen-bond donors (Lipinski definition) is 1. The smallest absolute Gasteiger partial charge is 0.217 e. The standard InChI is InChI=1S/C24H26N2O3/c1-16(25-17(2)27)24-14-22(26-29-24)20-12-18(13-20)15-28-23-11-7-6-10-21(23)19-8-4-3-5-9-19/h3-11,14,16,18,20H,12-13,15H2,1-2H3,(H,25,27)/t16-,18?,20?/m0/s1. The van der Waals surface area contributed by atoms with E-state index in [1.165, 1.54) is 6.92 Å². The van der Waals surface area contributed by atoms with E-state index in [1.807, 2.05) is 49.4 Å². The first-order valence-electron chi connectivity index (χ1n) is 10.1. The van der Waals surface area contributed by atoms with Crippen LogP contribution >= 0.6 is 0 Å². The summed E-state index contributed by atoms with van der Waals surface area (Å²) < 4.78 is 11.6. The second kappa shape index (κ2) is 8.52. The summed E-state index contributed by atoms with van der Waals surface area (Å²) in [5.41, 5.74) is 3.26. The van der Waals surface area contributed by atoms with Gasteiger partial charge in [-0.25, -0.2) is 0 Å². The van der Waals surface area contributed by atoms with Gasteiger partial charge < -0.3 is 14.6 Å². The Morgan fingerprint density at radius 2 is 1.90 bits per heavy atom. The largest absolute Gasteiger partial charge is 0.493 e. The molecule has 0 aliphatic heterocycles. The third kappa shape index (κ3) is 4.50. The molecule has 1 aromatic heterocycles. The summed E-state index contributed by atoms with van der Waals surface area (Å²) in [5.74, 6) is 2.46. The van der Waals surface area contributed by atoms with Gasteiger partial charge in [0.1, 0.15) is 5.75 Å². The summed E-state index contributed by atoms with van der Waals surface area (Å²) >= 11 is 0. The molecule has 0 spiro atoms. The van der Waals surface area contributed by atoms with E-state index >= 15 is 0 Å². The van der Waals surface area contributed by atoms with Crippen molar-refractivity contribution in [1.29, 1.82) is 0 Å². The molecule has 2 aromatic carbocycles. The number of nitrogens with one attached hydrogen (secondary N) is 1. The van der Waals surface area contributed by atoms with Crippen LogP contribution in [0.2, 0.25) is 0 Å². The number of ether oxygens (including phenoxy) is 1. The summed E-state index contributed by atoms with van der Waals surface area (Å²) in [6.07, 6.45) is 2.07. The van der Waals surface area contributed by atoms with Crippen LogP contribution in [0.15, 0.2) is 65.2 Å². The zero-order valence-corrected chi connectivity index (χ0v) is 16.8. The second-order valence-electron chi connectivity index (χ2n) is 7.78. The zero-order valence-electron chi connectivity index (χ0n) is 16.8. The third-order valence-electron chi connectivity index (χ3n) is 5.49. The molecule has 3 aromatic rings. The molecule has 4 rings (SSSR count). The van der Waals surface area contributed by atoms with Gasteiger partial charge in [0.25, 0.3) is 0 Å². The van der Waals surface area contributed by atoms with Gasteiger partial charge in [0.05, 0.1) is 18.3 Å². The first-order chi connectivity index (χ1) is 14.1. The van der Waals surface area contributed by atoms with Crippen molar-refractivity contribution in [2.75, 3.05) is 6.61 Å². The van der Waals surface area contributed by atoms with Crippen LogP contribution in [0, 0.1) is 5.92 Å². The number of carbonyl (C=O) groups excluding carboxylic acids is 1. The van der Waals surface area contributed by atoms with Crippen LogP contribution in [0.1, 0.15) is 50.1 Å². The van der Waals surface area contributed by atoms with E-state index in [9.17, 15) is 4.79 Å². The summed E-state index contributed by atoms with van der Waals surface area (Å²) in [5, 5.41) is 7.03. The SMILES string of the molecule is CC(=O)N[C@@H](C)c1cc(C2CC(COc3ccccc3-c3ccccc3)C2)no1. The highest BCUT2D eigenvalue weighted by Gasteiger charge is 2.33. The average Bonchev–Trinajstić information content (AvgIpc) is 3.17. The fraction of sp³-hybridized carbons (Fsp3) is 0.333. The quantitative estimate of drug-likeness (QED) is 0.609. The highest BCUT2D eigenvalue weighted by molar-refractivity contribution is 5.73. The Morgan fingerprint density at radius 1 is 1.17 bits per heavy atom. The molecule has 150 valence electrons. The molecule has 1 atom stereocenters. The molecule has 1 saturated carbocycles. The fourth-order valence-corrected chi connectivity index (χ4v) is 3.85. The van der Waals surface area contributed by atoms with Crippen molar-refractivity contribution in [2.24, 2.45) is 5.92 Å². The molecule has 0 saturated heterocycles. The van der Waals surface area contributed by atoms with Gasteiger partial charge in [0, 0.05) is 24.5 Å². The first-order valence-corrected chi connectivity index (χ1v) is 10.1. The molecule has 29 heavy (non-hydrogen) atoms. The van der Waals surface area contributed by atoms with Crippen LogP contribution in [-0.2, 0) is 4.79 Å². The normalized spacial score (nSPS) is 19.2. The van der Waals surface area contributed by atoms with Gasteiger partial charge in [-0.05, 0) is 37.3 Å². The van der Waals surface area contributed by atoms with Crippen LogP contribution in [0.5, 0.6) is 5.75 Å². The summed E-state index contributed by atoms with van der Waals surface area (Å²) in [6, 6.07) is 20.3. The Labute approximate surface area is 171 Å². The molecule has 0 unspecified atom stereocenters.